The molecule has 0 atom stereocenters. The summed E-state index contributed by atoms with van der Waals surface area (Å²) in [7, 11) is -3.46. The largest absolute Gasteiger partial charge is 0.393 e. The number of nitrogens with two attached hydrogens (primary N) is 1. The molecule has 0 aliphatic rings. The number of thiocarbonyl (C=S) groups is 1. The Kier molecular flexibility index (Phi) is 5.20. The number of benzene rings is 1. The smallest absolute Gasteiger partial charge is 0.177 e. The van der Waals surface area contributed by atoms with E-state index in [2.05, 4.69) is 12.2 Å². The highest BCUT2D eigenvalue weighted by molar-refractivity contribution is 7.92. The van der Waals surface area contributed by atoms with Crippen LogP contribution in [0.25, 0.3) is 0 Å². The van der Waals surface area contributed by atoms with Crippen molar-refractivity contribution in [3.05, 3.63) is 34.9 Å². The van der Waals surface area contributed by atoms with E-state index in [1.54, 1.807) is 12.1 Å². The minimum absolute atomic E-state index is 0.109. The van der Waals surface area contributed by atoms with E-state index in [4.69, 9.17) is 5.73 Å². The summed E-state index contributed by atoms with van der Waals surface area (Å²) in [5.41, 5.74) is 7.71. The molecular formula is C13H17NO3S2. The van der Waals surface area contributed by atoms with Crippen LogP contribution in [0.3, 0.4) is 0 Å². The van der Waals surface area contributed by atoms with Crippen molar-refractivity contribution < 1.29 is 13.2 Å². The molecule has 4 nitrogen and oxygen atoms in total. The molecule has 0 aliphatic carbocycles. The summed E-state index contributed by atoms with van der Waals surface area (Å²) in [6, 6.07) is 5.17. The van der Waals surface area contributed by atoms with E-state index >= 15 is 0 Å². The zero-order chi connectivity index (χ0) is 14.6. The second-order valence-electron chi connectivity index (χ2n) is 4.53. The molecule has 0 unspecified atom stereocenters. The molecule has 0 aromatic heterocycles. The molecule has 0 fully saturated rings. The van der Waals surface area contributed by atoms with E-state index in [1.807, 2.05) is 19.9 Å². The van der Waals surface area contributed by atoms with Crippen molar-refractivity contribution in [3.63, 3.8) is 0 Å². The van der Waals surface area contributed by atoms with Crippen LogP contribution < -0.4 is 5.73 Å². The van der Waals surface area contributed by atoms with Gasteiger partial charge in [-0.3, -0.25) is 4.79 Å². The topological polar surface area (TPSA) is 77.2 Å². The molecule has 19 heavy (non-hydrogen) atoms. The van der Waals surface area contributed by atoms with Crippen LogP contribution in [0, 0.1) is 13.8 Å². The Hall–Kier alpha value is -1.27. The van der Waals surface area contributed by atoms with Crippen molar-refractivity contribution in [2.45, 2.75) is 20.3 Å². The number of Topliss-reactive ketones (excluding diaryl/α,β-unsaturated/α-hetero) is 1. The van der Waals surface area contributed by atoms with Gasteiger partial charge in [0, 0.05) is 12.0 Å². The average molecular weight is 299 g/mol. The number of hydrogen-bond acceptors (Lipinski definition) is 4. The minimum atomic E-state index is -3.46. The third-order valence-electron chi connectivity index (χ3n) is 2.84. The lowest BCUT2D eigenvalue weighted by Crippen LogP contribution is -2.22. The van der Waals surface area contributed by atoms with Gasteiger partial charge < -0.3 is 5.73 Å². The number of carbonyl (C=O) groups excluding carboxylic acids is 1. The highest BCUT2D eigenvalue weighted by Gasteiger charge is 2.18. The molecule has 2 N–H and O–H groups in total. The van der Waals surface area contributed by atoms with Crippen LogP contribution in [-0.4, -0.2) is 30.7 Å². The Morgan fingerprint density at radius 1 is 1.26 bits per heavy atom. The van der Waals surface area contributed by atoms with Crippen molar-refractivity contribution in [2.75, 3.05) is 11.5 Å². The SMILES string of the molecule is Cc1ccc(C(=O)CS(=O)(=O)CCC(N)=S)cc1C. The summed E-state index contributed by atoms with van der Waals surface area (Å²) >= 11 is 4.63. The molecule has 0 bridgehead atoms. The monoisotopic (exact) mass is 299 g/mol. The standard InChI is InChI=1S/C13H17NO3S2/c1-9-3-4-11(7-10(9)2)12(15)8-19(16,17)6-5-13(14)18/h3-4,7H,5-6,8H2,1-2H3,(H2,14,18). The van der Waals surface area contributed by atoms with Crippen LogP contribution in [0.15, 0.2) is 18.2 Å². The predicted molar refractivity (Wildman–Crippen MR) is 80.3 cm³/mol. The molecule has 6 heteroatoms. The third-order valence-corrected chi connectivity index (χ3v) is 4.57. The summed E-state index contributed by atoms with van der Waals surface area (Å²) in [4.78, 5) is 12.1. The van der Waals surface area contributed by atoms with Crippen molar-refractivity contribution in [1.82, 2.24) is 0 Å². The van der Waals surface area contributed by atoms with Crippen LogP contribution in [0.1, 0.15) is 27.9 Å². The predicted octanol–water partition coefficient (Wildman–Crippen LogP) is 1.58. The molecule has 0 amide bonds. The van der Waals surface area contributed by atoms with Crippen molar-refractivity contribution in [1.29, 1.82) is 0 Å². The fraction of sp³-hybridized carbons (Fsp3) is 0.385. The molecule has 104 valence electrons. The number of sulfone groups is 1. The lowest BCUT2D eigenvalue weighted by Gasteiger charge is -2.06. The van der Waals surface area contributed by atoms with E-state index in [-0.39, 0.29) is 17.2 Å². The number of hydrogen-bond donors (Lipinski definition) is 1. The molecule has 0 spiro atoms. The molecule has 1 rings (SSSR count). The van der Waals surface area contributed by atoms with Gasteiger partial charge in [0.1, 0.15) is 5.75 Å². The number of aryl methyl sites for hydroxylation is 2. The number of rotatable bonds is 6. The van der Waals surface area contributed by atoms with Gasteiger partial charge in [0.2, 0.25) is 0 Å². The summed E-state index contributed by atoms with van der Waals surface area (Å²) in [6.07, 6.45) is 0.109. The van der Waals surface area contributed by atoms with Gasteiger partial charge in [-0.25, -0.2) is 8.42 Å². The Labute approximate surface area is 118 Å². The first kappa shape index (κ1) is 15.8. The van der Waals surface area contributed by atoms with Crippen LogP contribution in [-0.2, 0) is 9.84 Å². The van der Waals surface area contributed by atoms with Gasteiger partial charge in [0.15, 0.2) is 15.6 Å². The summed E-state index contributed by atoms with van der Waals surface area (Å²) in [6.45, 7) is 3.82. The maximum atomic E-state index is 11.9. The number of carbonyl (C=O) groups is 1. The van der Waals surface area contributed by atoms with Crippen molar-refractivity contribution >= 4 is 32.8 Å². The van der Waals surface area contributed by atoms with E-state index in [9.17, 15) is 13.2 Å². The van der Waals surface area contributed by atoms with Gasteiger partial charge >= 0.3 is 0 Å². The quantitative estimate of drug-likeness (QED) is 0.637. The van der Waals surface area contributed by atoms with Gasteiger partial charge in [0.05, 0.1) is 10.7 Å². The Morgan fingerprint density at radius 3 is 2.42 bits per heavy atom. The second kappa shape index (κ2) is 6.25. The number of ketones is 1. The van der Waals surface area contributed by atoms with E-state index < -0.39 is 21.4 Å². The van der Waals surface area contributed by atoms with Crippen LogP contribution in [0.2, 0.25) is 0 Å². The van der Waals surface area contributed by atoms with Crippen LogP contribution >= 0.6 is 12.2 Å². The van der Waals surface area contributed by atoms with Gasteiger partial charge in [0.25, 0.3) is 0 Å². The van der Waals surface area contributed by atoms with Gasteiger partial charge in [-0.2, -0.15) is 0 Å². The normalized spacial score (nSPS) is 11.3. The molecule has 0 saturated carbocycles. The zero-order valence-corrected chi connectivity index (χ0v) is 12.6. The molecule has 0 aliphatic heterocycles. The van der Waals surface area contributed by atoms with Crippen molar-refractivity contribution in [2.24, 2.45) is 5.73 Å². The molecule has 1 aromatic rings. The maximum absolute atomic E-state index is 11.9. The second-order valence-corrected chi connectivity index (χ2v) is 7.24. The molecule has 0 radical (unpaired) electrons. The lowest BCUT2D eigenvalue weighted by atomic mass is 10.0. The van der Waals surface area contributed by atoms with Crippen LogP contribution in [0.5, 0.6) is 0 Å². The first-order valence-electron chi connectivity index (χ1n) is 5.80. The van der Waals surface area contributed by atoms with Crippen LogP contribution in [0.4, 0.5) is 0 Å². The van der Waals surface area contributed by atoms with E-state index in [0.717, 1.165) is 11.1 Å². The van der Waals surface area contributed by atoms with E-state index in [1.165, 1.54) is 0 Å². The molecule has 0 saturated heterocycles. The Morgan fingerprint density at radius 2 is 1.89 bits per heavy atom. The highest BCUT2D eigenvalue weighted by atomic mass is 32.2. The highest BCUT2D eigenvalue weighted by Crippen LogP contribution is 2.11. The minimum Gasteiger partial charge on any atom is -0.393 e. The molecule has 1 aromatic carbocycles. The van der Waals surface area contributed by atoms with E-state index in [0.29, 0.717) is 5.56 Å². The fourth-order valence-corrected chi connectivity index (χ4v) is 3.00. The third kappa shape index (κ3) is 5.08. The van der Waals surface area contributed by atoms with Gasteiger partial charge in [-0.05, 0) is 31.0 Å². The van der Waals surface area contributed by atoms with Crippen molar-refractivity contribution in [3.8, 4) is 0 Å². The first-order chi connectivity index (χ1) is 8.71. The maximum Gasteiger partial charge on any atom is 0.177 e. The summed E-state index contributed by atoms with van der Waals surface area (Å²) in [5, 5.41) is 0. The Balaban J connectivity index is 2.79. The summed E-state index contributed by atoms with van der Waals surface area (Å²) < 4.78 is 23.5. The molecule has 0 heterocycles. The van der Waals surface area contributed by atoms with Gasteiger partial charge in [-0.1, -0.05) is 24.4 Å². The Bertz CT molecular complexity index is 606. The van der Waals surface area contributed by atoms with Gasteiger partial charge in [-0.15, -0.1) is 0 Å². The lowest BCUT2D eigenvalue weighted by molar-refractivity contribution is 0.102. The fourth-order valence-electron chi connectivity index (χ4n) is 1.53. The zero-order valence-electron chi connectivity index (χ0n) is 11.0. The summed E-state index contributed by atoms with van der Waals surface area (Å²) in [5.74, 6) is -1.08. The first-order valence-corrected chi connectivity index (χ1v) is 8.03. The molecular weight excluding hydrogens is 282 g/mol. The average Bonchev–Trinajstić information content (AvgIpc) is 2.29.